The summed E-state index contributed by atoms with van der Waals surface area (Å²) in [6.07, 6.45) is 1.11. The van der Waals surface area contributed by atoms with Crippen molar-refractivity contribution in [2.45, 2.75) is 32.5 Å². The van der Waals surface area contributed by atoms with Crippen LogP contribution < -0.4 is 10.1 Å². The van der Waals surface area contributed by atoms with E-state index in [1.807, 2.05) is 26.8 Å². The summed E-state index contributed by atoms with van der Waals surface area (Å²) in [4.78, 5) is 4.06. The van der Waals surface area contributed by atoms with Crippen molar-refractivity contribution in [1.82, 2.24) is 4.98 Å². The number of ether oxygens (including phenoxy) is 2. The summed E-state index contributed by atoms with van der Waals surface area (Å²) >= 11 is 0. The van der Waals surface area contributed by atoms with Gasteiger partial charge in [-0.1, -0.05) is 0 Å². The minimum absolute atomic E-state index is 0.233. The van der Waals surface area contributed by atoms with E-state index in [2.05, 4.69) is 10.3 Å². The highest BCUT2D eigenvalue weighted by Crippen LogP contribution is 2.11. The molecule has 0 aliphatic carbocycles. The molecule has 0 amide bonds. The van der Waals surface area contributed by atoms with Crippen LogP contribution in [0.15, 0.2) is 18.3 Å². The van der Waals surface area contributed by atoms with Crippen LogP contribution in [-0.2, 0) is 4.74 Å². The number of aliphatic hydroxyl groups is 1. The first-order chi connectivity index (χ1) is 8.40. The van der Waals surface area contributed by atoms with Crippen LogP contribution in [0.4, 0.5) is 5.69 Å². The highest BCUT2D eigenvalue weighted by molar-refractivity contribution is 5.42. The highest BCUT2D eigenvalue weighted by atomic mass is 16.5. The largest absolute Gasteiger partial charge is 0.481 e. The van der Waals surface area contributed by atoms with Gasteiger partial charge in [0.15, 0.2) is 0 Å². The smallest absolute Gasteiger partial charge is 0.213 e. The molecule has 18 heavy (non-hydrogen) atoms. The third-order valence-corrected chi connectivity index (χ3v) is 2.20. The topological polar surface area (TPSA) is 63.6 Å². The van der Waals surface area contributed by atoms with Crippen molar-refractivity contribution in [3.05, 3.63) is 18.3 Å². The molecule has 5 heteroatoms. The van der Waals surface area contributed by atoms with Gasteiger partial charge in [-0.15, -0.1) is 0 Å². The van der Waals surface area contributed by atoms with Crippen LogP contribution in [0.1, 0.15) is 20.8 Å². The molecule has 0 bridgehead atoms. The maximum Gasteiger partial charge on any atom is 0.213 e. The van der Waals surface area contributed by atoms with Gasteiger partial charge >= 0.3 is 0 Å². The van der Waals surface area contributed by atoms with Crippen LogP contribution in [0.25, 0.3) is 0 Å². The molecule has 0 spiro atoms. The molecule has 1 unspecified atom stereocenters. The SMILES string of the molecule is COc1ccc(NCC(O)COC(C)(C)C)cn1. The molecule has 0 saturated carbocycles. The number of methoxy groups -OCH3 is 1. The average Bonchev–Trinajstić information content (AvgIpc) is 2.33. The van der Waals surface area contributed by atoms with Gasteiger partial charge in [-0.05, 0) is 26.8 Å². The zero-order chi connectivity index (χ0) is 13.6. The average molecular weight is 254 g/mol. The molecule has 5 nitrogen and oxygen atoms in total. The second-order valence-electron chi connectivity index (χ2n) is 5.05. The minimum Gasteiger partial charge on any atom is -0.481 e. The van der Waals surface area contributed by atoms with Crippen molar-refractivity contribution < 1.29 is 14.6 Å². The normalized spacial score (nSPS) is 13.2. The van der Waals surface area contributed by atoms with E-state index in [1.54, 1.807) is 19.4 Å². The lowest BCUT2D eigenvalue weighted by atomic mass is 10.2. The van der Waals surface area contributed by atoms with E-state index in [9.17, 15) is 5.11 Å². The van der Waals surface area contributed by atoms with Crippen molar-refractivity contribution in [2.75, 3.05) is 25.6 Å². The predicted molar refractivity (Wildman–Crippen MR) is 71.0 cm³/mol. The lowest BCUT2D eigenvalue weighted by molar-refractivity contribution is -0.0449. The first-order valence-electron chi connectivity index (χ1n) is 5.96. The number of nitrogens with zero attached hydrogens (tertiary/aromatic N) is 1. The second kappa shape index (κ2) is 6.56. The van der Waals surface area contributed by atoms with Crippen LogP contribution in [0.2, 0.25) is 0 Å². The van der Waals surface area contributed by atoms with Gasteiger partial charge in [0.25, 0.3) is 0 Å². The van der Waals surface area contributed by atoms with Gasteiger partial charge in [-0.3, -0.25) is 0 Å². The quantitative estimate of drug-likeness (QED) is 0.808. The molecule has 0 radical (unpaired) electrons. The molecule has 1 aromatic rings. The van der Waals surface area contributed by atoms with E-state index in [4.69, 9.17) is 9.47 Å². The number of hydrogen-bond acceptors (Lipinski definition) is 5. The van der Waals surface area contributed by atoms with Crippen molar-refractivity contribution in [3.8, 4) is 5.88 Å². The van der Waals surface area contributed by atoms with Gasteiger partial charge in [-0.2, -0.15) is 0 Å². The second-order valence-corrected chi connectivity index (χ2v) is 5.05. The molecule has 1 aromatic heterocycles. The van der Waals surface area contributed by atoms with Gasteiger partial charge < -0.3 is 19.9 Å². The fourth-order valence-electron chi connectivity index (χ4n) is 1.25. The molecule has 0 saturated heterocycles. The molecular weight excluding hydrogens is 232 g/mol. The molecule has 0 aliphatic heterocycles. The van der Waals surface area contributed by atoms with Crippen molar-refractivity contribution in [2.24, 2.45) is 0 Å². The number of aliphatic hydroxyl groups excluding tert-OH is 1. The van der Waals surface area contributed by atoms with E-state index in [0.29, 0.717) is 19.0 Å². The van der Waals surface area contributed by atoms with Crippen LogP contribution >= 0.6 is 0 Å². The zero-order valence-electron chi connectivity index (χ0n) is 11.4. The summed E-state index contributed by atoms with van der Waals surface area (Å²) < 4.78 is 10.5. The van der Waals surface area contributed by atoms with Crippen molar-refractivity contribution in [1.29, 1.82) is 0 Å². The Balaban J connectivity index is 2.31. The van der Waals surface area contributed by atoms with Crippen molar-refractivity contribution >= 4 is 5.69 Å². The Kier molecular flexibility index (Phi) is 5.37. The Bertz CT molecular complexity index is 346. The minimum atomic E-state index is -0.550. The molecule has 1 heterocycles. The van der Waals surface area contributed by atoms with Gasteiger partial charge in [0.1, 0.15) is 0 Å². The van der Waals surface area contributed by atoms with Crippen molar-refractivity contribution in [3.63, 3.8) is 0 Å². The molecule has 1 atom stereocenters. The summed E-state index contributed by atoms with van der Waals surface area (Å²) in [5.74, 6) is 0.567. The lowest BCUT2D eigenvalue weighted by Gasteiger charge is -2.22. The Hall–Kier alpha value is -1.33. The van der Waals surface area contributed by atoms with E-state index in [0.717, 1.165) is 5.69 Å². The molecular formula is C13H22N2O3. The standard InChI is InChI=1S/C13H22N2O3/c1-13(2,3)18-9-11(16)8-14-10-5-6-12(17-4)15-7-10/h5-7,11,14,16H,8-9H2,1-4H3. The fraction of sp³-hybridized carbons (Fsp3) is 0.615. The first-order valence-corrected chi connectivity index (χ1v) is 5.96. The maximum atomic E-state index is 9.74. The van der Waals surface area contributed by atoms with Crippen LogP contribution in [0, 0.1) is 0 Å². The third kappa shape index (κ3) is 5.84. The predicted octanol–water partition coefficient (Wildman–Crippen LogP) is 1.68. The van der Waals surface area contributed by atoms with E-state index >= 15 is 0 Å². The van der Waals surface area contributed by atoms with E-state index < -0.39 is 6.10 Å². The fourth-order valence-corrected chi connectivity index (χ4v) is 1.25. The summed E-state index contributed by atoms with van der Waals surface area (Å²) in [5, 5.41) is 12.8. The van der Waals surface area contributed by atoms with Crippen LogP contribution in [0.5, 0.6) is 5.88 Å². The van der Waals surface area contributed by atoms with Gasteiger partial charge in [0.2, 0.25) is 5.88 Å². The highest BCUT2D eigenvalue weighted by Gasteiger charge is 2.13. The zero-order valence-corrected chi connectivity index (χ0v) is 11.4. The molecule has 2 N–H and O–H groups in total. The molecule has 0 fully saturated rings. The van der Waals surface area contributed by atoms with Gasteiger partial charge in [0.05, 0.1) is 37.3 Å². The molecule has 0 aliphatic rings. The summed E-state index contributed by atoms with van der Waals surface area (Å²) in [6, 6.07) is 3.61. The van der Waals surface area contributed by atoms with E-state index in [1.165, 1.54) is 0 Å². The van der Waals surface area contributed by atoms with E-state index in [-0.39, 0.29) is 5.60 Å². The molecule has 102 valence electrons. The summed E-state index contributed by atoms with van der Waals surface area (Å²) in [7, 11) is 1.57. The number of pyridine rings is 1. The van der Waals surface area contributed by atoms with Crippen LogP contribution in [0.3, 0.4) is 0 Å². The summed E-state index contributed by atoms with van der Waals surface area (Å²) in [6.45, 7) is 6.60. The Morgan fingerprint density at radius 2 is 2.11 bits per heavy atom. The first kappa shape index (κ1) is 14.7. The maximum absolute atomic E-state index is 9.74. The Morgan fingerprint density at radius 3 is 2.61 bits per heavy atom. The summed E-state index contributed by atoms with van der Waals surface area (Å²) in [5.41, 5.74) is 0.605. The number of anilines is 1. The monoisotopic (exact) mass is 254 g/mol. The van der Waals surface area contributed by atoms with Gasteiger partial charge in [-0.25, -0.2) is 4.98 Å². The molecule has 1 rings (SSSR count). The number of rotatable bonds is 6. The Morgan fingerprint density at radius 1 is 1.39 bits per heavy atom. The Labute approximate surface area is 108 Å². The van der Waals surface area contributed by atoms with Gasteiger partial charge in [0, 0.05) is 12.6 Å². The third-order valence-electron chi connectivity index (χ3n) is 2.20. The molecule has 0 aromatic carbocycles. The number of hydrogen-bond donors (Lipinski definition) is 2. The number of aromatic nitrogens is 1. The number of nitrogens with one attached hydrogen (secondary N) is 1. The lowest BCUT2D eigenvalue weighted by Crippen LogP contribution is -2.30. The van der Waals surface area contributed by atoms with Crippen LogP contribution in [-0.4, -0.2) is 42.1 Å².